The molecule has 1 saturated heterocycles. The Morgan fingerprint density at radius 1 is 0.854 bits per heavy atom. The molecule has 89 heavy (non-hydrogen) atoms. The van der Waals surface area contributed by atoms with Crippen molar-refractivity contribution in [3.8, 4) is 46.0 Å². The lowest BCUT2D eigenvalue weighted by molar-refractivity contribution is -0.686. The molecule has 0 bridgehead atoms. The first-order chi connectivity index (χ1) is 43.2. The van der Waals surface area contributed by atoms with Crippen LogP contribution in [0.25, 0.3) is 33.1 Å². The zero-order valence-corrected chi connectivity index (χ0v) is 50.4. The number of fused-ring (bicyclic) bond motifs is 7. The van der Waals surface area contributed by atoms with Gasteiger partial charge in [-0.2, -0.15) is 19.8 Å². The summed E-state index contributed by atoms with van der Waals surface area (Å²) in [6.07, 6.45) is 8.10. The standard InChI is InChI=1S/C62H64N14O12S/c1-71(61(81)76-21-18-44-55(64-34-65-56(44)76)73(3)43-24-39-30-75(31-40(39)25-43)60(80)67-59-66-58(84-5)70-89-59)22-23-72(2)62(82)85-33-36-9-12-41(13-10-36)68-69-42-14-15-49(77)46(28-42)57(79)63-19-7-6-8-53(78)88-54-47-32-74-20-17-38-27-51-52(87-35-86-51)29-45(38)48(74)26-37(47)11-16-50(54)83-4/h9-16,18,21,26-29,32,34,39-40,43H,6-8,17,19-20,22-25,30-31,33,35H2,1-5H3,(H2-,63,66,67,68,70,77,79,80)/p+1/t39-,40+,43?. The molecule has 4 aromatic heterocycles. The van der Waals surface area contributed by atoms with Gasteiger partial charge in [0.1, 0.15) is 24.5 Å². The number of anilines is 2. The number of carbonyl (C=O) groups excluding carboxylic acids is 5. The number of amides is 5. The Labute approximate surface area is 514 Å². The second-order valence-electron chi connectivity index (χ2n) is 22.3. The summed E-state index contributed by atoms with van der Waals surface area (Å²) in [4.78, 5) is 86.4. The molecule has 3 aliphatic heterocycles. The van der Waals surface area contributed by atoms with Crippen molar-refractivity contribution in [3.63, 3.8) is 0 Å². The van der Waals surface area contributed by atoms with Gasteiger partial charge >= 0.3 is 30.1 Å². The first kappa shape index (κ1) is 59.2. The van der Waals surface area contributed by atoms with E-state index in [4.69, 9.17) is 28.4 Å². The van der Waals surface area contributed by atoms with E-state index < -0.39 is 18.0 Å². The summed E-state index contributed by atoms with van der Waals surface area (Å²) in [6.45, 7) is 2.82. The third kappa shape index (κ3) is 12.7. The number of azo groups is 1. The SMILES string of the molecule is COc1nsc(NC(=O)N2C[C@H]3CC(N(C)c4ncnc5c4ccn5C(=O)N(C)CCN(C)C(=O)OCc4ccc(N=Nc5ccc(O)c(C(=O)NCCCCC(=O)Oc6c(OC)ccc7cc8[n+](cc67)CCc6cc7c(cc6-8)OCO7)c5)cc4)C[C@H]3C2)n1. The van der Waals surface area contributed by atoms with E-state index in [0.717, 1.165) is 70.5 Å². The maximum absolute atomic E-state index is 13.8. The highest BCUT2D eigenvalue weighted by atomic mass is 32.1. The molecule has 3 N–H and O–H groups in total. The Bertz CT molecular complexity index is 4050. The highest BCUT2D eigenvalue weighted by molar-refractivity contribution is 7.10. The quantitative estimate of drug-likeness (QED) is 0.0224. The number of likely N-dealkylation sites (N-methyl/N-ethyl adjacent to an activating group) is 2. The topological polar surface area (TPSA) is 283 Å². The number of pyridine rings is 1. The minimum Gasteiger partial charge on any atom is -0.507 e. The van der Waals surface area contributed by atoms with E-state index in [1.165, 1.54) is 58.7 Å². The summed E-state index contributed by atoms with van der Waals surface area (Å²) in [5, 5.41) is 27.5. The summed E-state index contributed by atoms with van der Waals surface area (Å²) in [6, 6.07) is 22.8. The van der Waals surface area contributed by atoms with Crippen LogP contribution in [0.2, 0.25) is 0 Å². The van der Waals surface area contributed by atoms with Gasteiger partial charge in [-0.25, -0.2) is 24.4 Å². The molecule has 12 rings (SSSR count). The number of phenolic OH excluding ortho intramolecular Hbond substituents is 1. The highest BCUT2D eigenvalue weighted by Crippen LogP contribution is 2.44. The van der Waals surface area contributed by atoms with Crippen LogP contribution in [0.5, 0.6) is 34.8 Å². The fraction of sp³-hybridized carbons (Fsp3) is 0.355. The number of esters is 1. The van der Waals surface area contributed by atoms with Crippen LogP contribution in [-0.2, 0) is 29.1 Å². The smallest absolute Gasteiger partial charge is 0.409 e. The number of hydrogen-bond acceptors (Lipinski definition) is 20. The van der Waals surface area contributed by atoms with Crippen molar-refractivity contribution < 1.29 is 62.1 Å². The van der Waals surface area contributed by atoms with Gasteiger partial charge in [0.15, 0.2) is 41.4 Å². The minimum atomic E-state index is -0.574. The van der Waals surface area contributed by atoms with E-state index in [0.29, 0.717) is 88.6 Å². The van der Waals surface area contributed by atoms with E-state index in [-0.39, 0.29) is 74.9 Å². The third-order valence-corrected chi connectivity index (χ3v) is 17.3. The lowest BCUT2D eigenvalue weighted by Gasteiger charge is -2.28. The van der Waals surface area contributed by atoms with E-state index in [1.54, 1.807) is 50.6 Å². The molecule has 0 radical (unpaired) electrons. The van der Waals surface area contributed by atoms with Gasteiger partial charge in [0.05, 0.1) is 47.5 Å². The lowest BCUT2D eigenvalue weighted by Crippen LogP contribution is -2.40. The van der Waals surface area contributed by atoms with Crippen LogP contribution in [-0.4, -0.2) is 155 Å². The van der Waals surface area contributed by atoms with Crippen LogP contribution < -0.4 is 43.8 Å². The third-order valence-electron chi connectivity index (χ3n) is 16.7. The number of ether oxygens (including phenoxy) is 6. The number of rotatable bonds is 19. The normalized spacial score (nSPS) is 16.2. The molecule has 4 aliphatic rings. The molecule has 2 fully saturated rings. The van der Waals surface area contributed by atoms with E-state index >= 15 is 0 Å². The molecule has 7 heterocycles. The maximum Gasteiger partial charge on any atom is 0.409 e. The average Bonchev–Trinajstić information content (AvgIpc) is 2.73. The van der Waals surface area contributed by atoms with Gasteiger partial charge in [-0.1, -0.05) is 12.1 Å². The zero-order valence-electron chi connectivity index (χ0n) is 49.6. The van der Waals surface area contributed by atoms with Crippen molar-refractivity contribution in [2.45, 2.75) is 57.7 Å². The first-order valence-corrected chi connectivity index (χ1v) is 29.9. The van der Waals surface area contributed by atoms with Crippen molar-refractivity contribution in [1.82, 2.24) is 43.9 Å². The number of phenols is 1. The molecule has 1 aliphatic carbocycles. The van der Waals surface area contributed by atoms with Gasteiger partial charge in [0, 0.05) is 96.5 Å². The van der Waals surface area contributed by atoms with E-state index in [1.807, 2.05) is 42.4 Å². The molecule has 5 amide bonds. The zero-order chi connectivity index (χ0) is 61.9. The molecule has 1 unspecified atom stereocenters. The molecule has 27 heteroatoms. The number of hydrogen-bond donors (Lipinski definition) is 3. The lowest BCUT2D eigenvalue weighted by atomic mass is 9.95. The molecule has 26 nitrogen and oxygen atoms in total. The second-order valence-corrected chi connectivity index (χ2v) is 23.0. The van der Waals surface area contributed by atoms with Crippen LogP contribution in [0.15, 0.2) is 108 Å². The number of unbranched alkanes of at least 4 members (excludes halogenated alkanes) is 1. The Hall–Kier alpha value is -10.2. The van der Waals surface area contributed by atoms with Gasteiger partial charge in [-0.05, 0) is 115 Å². The molecule has 460 valence electrons. The number of urea groups is 1. The van der Waals surface area contributed by atoms with Gasteiger partial charge < -0.3 is 58.4 Å². The molecule has 4 aromatic carbocycles. The monoisotopic (exact) mass is 1230 g/mol. The fourth-order valence-corrected chi connectivity index (χ4v) is 12.3. The van der Waals surface area contributed by atoms with Crippen LogP contribution in [0.1, 0.15) is 53.6 Å². The highest BCUT2D eigenvalue weighted by Gasteiger charge is 2.44. The molecule has 1 saturated carbocycles. The number of aromatic hydroxyl groups is 1. The predicted molar refractivity (Wildman–Crippen MR) is 326 cm³/mol. The Balaban J connectivity index is 0.562. The number of nitrogens with zero attached hydrogens (tertiary/aromatic N) is 12. The van der Waals surface area contributed by atoms with Crippen LogP contribution in [0.4, 0.5) is 36.7 Å². The number of methoxy groups -OCH3 is 2. The summed E-state index contributed by atoms with van der Waals surface area (Å²) in [7, 11) is 8.27. The molecule has 3 atom stereocenters. The predicted octanol–water partition coefficient (Wildman–Crippen LogP) is 8.87. The van der Waals surface area contributed by atoms with Crippen molar-refractivity contribution in [2.75, 3.05) is 85.1 Å². The van der Waals surface area contributed by atoms with Gasteiger partial charge in [-0.15, -0.1) is 4.37 Å². The maximum atomic E-state index is 13.8. The van der Waals surface area contributed by atoms with E-state index in [9.17, 15) is 29.1 Å². The molecular formula is C62H65N14O12S+. The minimum absolute atomic E-state index is 0.0115. The van der Waals surface area contributed by atoms with Gasteiger partial charge in [0.2, 0.25) is 17.6 Å². The summed E-state index contributed by atoms with van der Waals surface area (Å²) < 4.78 is 41.1. The second kappa shape index (κ2) is 25.6. The number of nitrogens with one attached hydrogen (secondary N) is 2. The summed E-state index contributed by atoms with van der Waals surface area (Å²) in [5.74, 6) is 2.43. The number of likely N-dealkylation sites (tertiary alicyclic amines) is 1. The first-order valence-electron chi connectivity index (χ1n) is 29.1. The average molecular weight is 1230 g/mol. The number of carbonyl (C=O) groups is 5. The van der Waals surface area contributed by atoms with Crippen LogP contribution >= 0.6 is 11.5 Å². The van der Waals surface area contributed by atoms with Crippen molar-refractivity contribution in [1.29, 1.82) is 0 Å². The van der Waals surface area contributed by atoms with E-state index in [2.05, 4.69) is 55.7 Å². The molecule has 8 aromatic rings. The number of aryl methyl sites for hydroxylation is 2. The van der Waals surface area contributed by atoms with Crippen molar-refractivity contribution >= 4 is 85.7 Å². The van der Waals surface area contributed by atoms with Gasteiger partial charge in [0.25, 0.3) is 5.91 Å². The summed E-state index contributed by atoms with van der Waals surface area (Å²) in [5.41, 5.74) is 5.25. The Morgan fingerprint density at radius 2 is 1.62 bits per heavy atom. The van der Waals surface area contributed by atoms with Crippen LogP contribution in [0, 0.1) is 11.8 Å². The fourth-order valence-electron chi connectivity index (χ4n) is 11.8. The number of aromatic nitrogens is 6. The Morgan fingerprint density at radius 3 is 2.39 bits per heavy atom. The summed E-state index contributed by atoms with van der Waals surface area (Å²) >= 11 is 1.07. The van der Waals surface area contributed by atoms with Crippen LogP contribution in [0.3, 0.4) is 0 Å². The van der Waals surface area contributed by atoms with Gasteiger partial charge in [-0.3, -0.25) is 19.5 Å². The molecular weight excluding hydrogens is 1160 g/mol. The van der Waals surface area contributed by atoms with Crippen molar-refractivity contribution in [2.24, 2.45) is 22.1 Å². The van der Waals surface area contributed by atoms with Crippen molar-refractivity contribution in [3.05, 3.63) is 114 Å². The Kier molecular flexibility index (Phi) is 17.0. The largest absolute Gasteiger partial charge is 0.507 e. The molecule has 0 spiro atoms. The number of benzene rings is 4.